The molecule has 2 aromatic rings. The Morgan fingerprint density at radius 2 is 1.78 bits per heavy atom. The number of benzene rings is 2. The van der Waals surface area contributed by atoms with Gasteiger partial charge in [-0.25, -0.2) is 0 Å². The van der Waals surface area contributed by atoms with E-state index in [0.717, 1.165) is 29.8 Å². The number of amides is 2. The number of nitrogens with zero attached hydrogens (tertiary/aromatic N) is 1. The molecule has 144 valence electrons. The zero-order chi connectivity index (χ0) is 19.6. The summed E-state index contributed by atoms with van der Waals surface area (Å²) in [5.74, 6) is 0.681. The molecule has 5 nitrogen and oxygen atoms in total. The van der Waals surface area contributed by atoms with Gasteiger partial charge < -0.3 is 15.0 Å². The van der Waals surface area contributed by atoms with Crippen LogP contribution in [0.1, 0.15) is 31.4 Å². The molecular weight excluding hydrogens is 340 g/mol. The highest BCUT2D eigenvalue weighted by Crippen LogP contribution is 2.14. The fraction of sp³-hybridized carbons (Fsp3) is 0.364. The van der Waals surface area contributed by atoms with Crippen LogP contribution in [-0.2, 0) is 22.4 Å². The number of ether oxygens (including phenoxy) is 1. The largest absolute Gasteiger partial charge is 0.497 e. The maximum atomic E-state index is 12.2. The maximum Gasteiger partial charge on any atom is 0.226 e. The smallest absolute Gasteiger partial charge is 0.226 e. The molecule has 0 unspecified atom stereocenters. The summed E-state index contributed by atoms with van der Waals surface area (Å²) < 4.78 is 5.23. The Bertz CT molecular complexity index is 756. The first kappa shape index (κ1) is 20.5. The van der Waals surface area contributed by atoms with E-state index < -0.39 is 0 Å². The quantitative estimate of drug-likeness (QED) is 0.735. The highest BCUT2D eigenvalue weighted by molar-refractivity contribution is 5.91. The number of carbonyl (C=O) groups excluding carboxylic acids is 2. The summed E-state index contributed by atoms with van der Waals surface area (Å²) in [7, 11) is 1.63. The van der Waals surface area contributed by atoms with Crippen molar-refractivity contribution in [3.63, 3.8) is 0 Å². The van der Waals surface area contributed by atoms with Gasteiger partial charge in [0.25, 0.3) is 0 Å². The summed E-state index contributed by atoms with van der Waals surface area (Å²) in [5, 5.41) is 2.88. The first-order chi connectivity index (χ1) is 13.0. The van der Waals surface area contributed by atoms with Crippen LogP contribution in [0.3, 0.4) is 0 Å². The van der Waals surface area contributed by atoms with E-state index in [2.05, 4.69) is 12.2 Å². The molecule has 0 aromatic heterocycles. The Morgan fingerprint density at radius 1 is 1.04 bits per heavy atom. The topological polar surface area (TPSA) is 58.6 Å². The second-order valence-electron chi connectivity index (χ2n) is 6.46. The van der Waals surface area contributed by atoms with E-state index in [4.69, 9.17) is 4.74 Å². The Kier molecular flexibility index (Phi) is 7.86. The van der Waals surface area contributed by atoms with Crippen LogP contribution >= 0.6 is 0 Å². The maximum absolute atomic E-state index is 12.2. The van der Waals surface area contributed by atoms with Crippen molar-refractivity contribution < 1.29 is 14.3 Å². The minimum absolute atomic E-state index is 0.0296. The van der Waals surface area contributed by atoms with Crippen molar-refractivity contribution in [3.05, 3.63) is 59.7 Å². The van der Waals surface area contributed by atoms with Gasteiger partial charge >= 0.3 is 0 Å². The lowest BCUT2D eigenvalue weighted by Gasteiger charge is -2.21. The first-order valence-electron chi connectivity index (χ1n) is 9.29. The lowest BCUT2D eigenvalue weighted by atomic mass is 10.1. The summed E-state index contributed by atoms with van der Waals surface area (Å²) in [6.07, 6.45) is 1.96. The molecule has 0 fully saturated rings. The highest BCUT2D eigenvalue weighted by Gasteiger charge is 2.12. The molecule has 0 saturated heterocycles. The number of hydrogen-bond acceptors (Lipinski definition) is 3. The zero-order valence-corrected chi connectivity index (χ0v) is 16.3. The lowest BCUT2D eigenvalue weighted by molar-refractivity contribution is -0.129. The number of hydrogen-bond donors (Lipinski definition) is 1. The fourth-order valence-electron chi connectivity index (χ4n) is 2.80. The number of carbonyl (C=O) groups is 2. The van der Waals surface area contributed by atoms with Gasteiger partial charge in [-0.1, -0.05) is 31.2 Å². The van der Waals surface area contributed by atoms with Crippen molar-refractivity contribution in [2.75, 3.05) is 25.5 Å². The van der Waals surface area contributed by atoms with E-state index in [1.807, 2.05) is 48.5 Å². The average molecular weight is 368 g/mol. The molecule has 0 aliphatic carbocycles. The molecule has 0 spiro atoms. The Morgan fingerprint density at radius 3 is 2.41 bits per heavy atom. The normalized spacial score (nSPS) is 10.3. The van der Waals surface area contributed by atoms with E-state index in [1.165, 1.54) is 12.5 Å². The number of methoxy groups -OCH3 is 1. The average Bonchev–Trinajstić information content (AvgIpc) is 2.68. The Hall–Kier alpha value is -2.82. The van der Waals surface area contributed by atoms with Crippen LogP contribution in [0.15, 0.2) is 48.5 Å². The summed E-state index contributed by atoms with van der Waals surface area (Å²) in [6, 6.07) is 15.6. The van der Waals surface area contributed by atoms with Gasteiger partial charge in [0, 0.05) is 32.1 Å². The number of aryl methyl sites for hydroxylation is 1. The van der Waals surface area contributed by atoms with Gasteiger partial charge in [0.15, 0.2) is 0 Å². The van der Waals surface area contributed by atoms with Crippen LogP contribution in [0.4, 0.5) is 5.69 Å². The van der Waals surface area contributed by atoms with Crippen LogP contribution < -0.4 is 10.1 Å². The van der Waals surface area contributed by atoms with Crippen molar-refractivity contribution in [2.45, 2.75) is 33.1 Å². The minimum atomic E-state index is -0.0909. The molecule has 1 N–H and O–H groups in total. The van der Waals surface area contributed by atoms with E-state index >= 15 is 0 Å². The second kappa shape index (κ2) is 10.4. The molecule has 2 amide bonds. The molecule has 0 bridgehead atoms. The van der Waals surface area contributed by atoms with Crippen molar-refractivity contribution in [1.29, 1.82) is 0 Å². The molecule has 2 aromatic carbocycles. The van der Waals surface area contributed by atoms with Crippen molar-refractivity contribution in [2.24, 2.45) is 0 Å². The molecule has 0 saturated carbocycles. The molecule has 0 atom stereocenters. The Labute approximate surface area is 161 Å². The molecule has 0 heterocycles. The fourth-order valence-corrected chi connectivity index (χ4v) is 2.80. The van der Waals surface area contributed by atoms with Crippen LogP contribution in [0.5, 0.6) is 5.75 Å². The van der Waals surface area contributed by atoms with E-state index in [9.17, 15) is 9.59 Å². The van der Waals surface area contributed by atoms with Crippen molar-refractivity contribution in [1.82, 2.24) is 4.90 Å². The summed E-state index contributed by atoms with van der Waals surface area (Å²) in [5.41, 5.74) is 3.11. The van der Waals surface area contributed by atoms with Gasteiger partial charge in [-0.15, -0.1) is 0 Å². The summed E-state index contributed by atoms with van der Waals surface area (Å²) >= 11 is 0. The standard InChI is InChI=1S/C22H28N2O3/c1-4-18-8-10-20(11-9-18)23-22(26)13-15-24(17(2)25)14-12-19-6-5-7-21(16-19)27-3/h5-11,16H,4,12-15H2,1-3H3,(H,23,26). The molecule has 2 rings (SSSR count). The predicted molar refractivity (Wildman–Crippen MR) is 108 cm³/mol. The van der Waals surface area contributed by atoms with Crippen molar-refractivity contribution >= 4 is 17.5 Å². The van der Waals surface area contributed by atoms with Gasteiger partial charge in [-0.3, -0.25) is 9.59 Å². The Balaban J connectivity index is 1.83. The third-order valence-corrected chi connectivity index (χ3v) is 4.50. The second-order valence-corrected chi connectivity index (χ2v) is 6.46. The number of rotatable bonds is 9. The SMILES string of the molecule is CCc1ccc(NC(=O)CCN(CCc2cccc(OC)c2)C(C)=O)cc1. The van der Waals surface area contributed by atoms with Gasteiger partial charge in [0.1, 0.15) is 5.75 Å². The predicted octanol–water partition coefficient (Wildman–Crippen LogP) is 3.68. The third kappa shape index (κ3) is 6.77. The molecule has 27 heavy (non-hydrogen) atoms. The van der Waals surface area contributed by atoms with Gasteiger partial charge in [-0.2, -0.15) is 0 Å². The number of anilines is 1. The van der Waals surface area contributed by atoms with Crippen LogP contribution in [0.25, 0.3) is 0 Å². The van der Waals surface area contributed by atoms with Gasteiger partial charge in [-0.05, 0) is 48.2 Å². The highest BCUT2D eigenvalue weighted by atomic mass is 16.5. The summed E-state index contributed by atoms with van der Waals surface area (Å²) in [4.78, 5) is 25.8. The zero-order valence-electron chi connectivity index (χ0n) is 16.3. The van der Waals surface area contributed by atoms with E-state index in [-0.39, 0.29) is 18.2 Å². The number of nitrogens with one attached hydrogen (secondary N) is 1. The van der Waals surface area contributed by atoms with E-state index in [1.54, 1.807) is 12.0 Å². The van der Waals surface area contributed by atoms with E-state index in [0.29, 0.717) is 13.1 Å². The van der Waals surface area contributed by atoms with Gasteiger partial charge in [0.2, 0.25) is 11.8 Å². The van der Waals surface area contributed by atoms with Crippen LogP contribution in [0, 0.1) is 0 Å². The monoisotopic (exact) mass is 368 g/mol. The first-order valence-corrected chi connectivity index (χ1v) is 9.29. The van der Waals surface area contributed by atoms with Gasteiger partial charge in [0.05, 0.1) is 7.11 Å². The minimum Gasteiger partial charge on any atom is -0.497 e. The molecule has 0 radical (unpaired) electrons. The van der Waals surface area contributed by atoms with Crippen LogP contribution in [-0.4, -0.2) is 36.9 Å². The van der Waals surface area contributed by atoms with Crippen LogP contribution in [0.2, 0.25) is 0 Å². The van der Waals surface area contributed by atoms with Crippen molar-refractivity contribution in [3.8, 4) is 5.75 Å². The molecule has 5 heteroatoms. The lowest BCUT2D eigenvalue weighted by Crippen LogP contribution is -2.33. The third-order valence-electron chi connectivity index (χ3n) is 4.50. The summed E-state index contributed by atoms with van der Waals surface area (Å²) in [6.45, 7) is 4.60. The molecular formula is C22H28N2O3. The molecule has 0 aliphatic rings. The molecule has 0 aliphatic heterocycles.